The molecule has 0 fully saturated rings. The number of nitrogens with zero attached hydrogens (tertiary/aromatic N) is 1. The molecule has 6 nitrogen and oxygen atoms in total. The number of pyridine rings is 1. The van der Waals surface area contributed by atoms with E-state index in [9.17, 15) is 9.59 Å². The summed E-state index contributed by atoms with van der Waals surface area (Å²) in [7, 11) is 0. The van der Waals surface area contributed by atoms with Crippen LogP contribution in [0.4, 0.5) is 0 Å². The predicted molar refractivity (Wildman–Crippen MR) is 91.5 cm³/mol. The maximum atomic E-state index is 12.1. The molecule has 3 rings (SSSR count). The Labute approximate surface area is 146 Å². The predicted octanol–water partition coefficient (Wildman–Crippen LogP) is 2.61. The number of amides is 1. The van der Waals surface area contributed by atoms with Gasteiger partial charge in [-0.2, -0.15) is 0 Å². The summed E-state index contributed by atoms with van der Waals surface area (Å²) in [6.45, 7) is 3.70. The average Bonchev–Trinajstić information content (AvgIpc) is 2.58. The molecule has 130 valence electrons. The van der Waals surface area contributed by atoms with Gasteiger partial charge in [0.05, 0.1) is 12.3 Å². The fourth-order valence-corrected chi connectivity index (χ4v) is 2.71. The van der Waals surface area contributed by atoms with Crippen LogP contribution in [0.15, 0.2) is 30.3 Å². The van der Waals surface area contributed by atoms with Crippen molar-refractivity contribution in [3.8, 4) is 11.6 Å². The summed E-state index contributed by atoms with van der Waals surface area (Å²) in [6, 6.07) is 9.62. The SMILES string of the molecule is Cc1ccc2c(n1)Oc1ccc(C(C)C(=O)OCCC(N)=O)cc1C2. The molecule has 0 bridgehead atoms. The van der Waals surface area contributed by atoms with Gasteiger partial charge in [0.2, 0.25) is 11.8 Å². The molecule has 6 heteroatoms. The number of nitrogens with two attached hydrogens (primary N) is 1. The Morgan fingerprint density at radius 1 is 1.28 bits per heavy atom. The molecule has 0 spiro atoms. The number of esters is 1. The summed E-state index contributed by atoms with van der Waals surface area (Å²) < 4.78 is 11.0. The minimum absolute atomic E-state index is 0.00492. The molecule has 1 atom stereocenters. The van der Waals surface area contributed by atoms with Crippen LogP contribution in [0.3, 0.4) is 0 Å². The first kappa shape index (κ1) is 17.0. The molecule has 1 unspecified atom stereocenters. The number of benzene rings is 1. The van der Waals surface area contributed by atoms with Crippen LogP contribution < -0.4 is 10.5 Å². The van der Waals surface area contributed by atoms with Gasteiger partial charge in [0.15, 0.2) is 0 Å². The van der Waals surface area contributed by atoms with E-state index in [1.807, 2.05) is 37.3 Å². The summed E-state index contributed by atoms with van der Waals surface area (Å²) in [5, 5.41) is 0. The van der Waals surface area contributed by atoms with E-state index in [-0.39, 0.29) is 19.0 Å². The highest BCUT2D eigenvalue weighted by molar-refractivity contribution is 5.79. The van der Waals surface area contributed by atoms with Gasteiger partial charge in [0.1, 0.15) is 12.4 Å². The molecule has 1 aliphatic rings. The van der Waals surface area contributed by atoms with Gasteiger partial charge in [-0.25, -0.2) is 4.98 Å². The first-order valence-corrected chi connectivity index (χ1v) is 8.16. The molecule has 0 saturated heterocycles. The van der Waals surface area contributed by atoms with Gasteiger partial charge in [-0.05, 0) is 37.1 Å². The van der Waals surface area contributed by atoms with Gasteiger partial charge in [-0.1, -0.05) is 18.2 Å². The quantitative estimate of drug-likeness (QED) is 0.721. The van der Waals surface area contributed by atoms with Crippen molar-refractivity contribution in [3.63, 3.8) is 0 Å². The molecular weight excluding hydrogens is 320 g/mol. The lowest BCUT2D eigenvalue weighted by molar-refractivity contribution is -0.145. The maximum Gasteiger partial charge on any atom is 0.313 e. The molecule has 0 aliphatic carbocycles. The van der Waals surface area contributed by atoms with E-state index in [1.165, 1.54) is 0 Å². The fraction of sp³-hybridized carbons (Fsp3) is 0.316. The normalized spacial score (nSPS) is 13.2. The number of primary amides is 1. The molecule has 1 aliphatic heterocycles. The number of hydrogen-bond donors (Lipinski definition) is 1. The summed E-state index contributed by atoms with van der Waals surface area (Å²) >= 11 is 0. The Morgan fingerprint density at radius 2 is 2.08 bits per heavy atom. The second kappa shape index (κ2) is 6.93. The number of aromatic nitrogens is 1. The Hall–Kier alpha value is -2.89. The molecule has 0 saturated carbocycles. The van der Waals surface area contributed by atoms with Crippen LogP contribution in [0.1, 0.15) is 41.6 Å². The largest absolute Gasteiger partial charge is 0.465 e. The second-order valence-electron chi connectivity index (χ2n) is 6.17. The molecular formula is C19H20N2O4. The van der Waals surface area contributed by atoms with Gasteiger partial charge in [-0.3, -0.25) is 9.59 Å². The Balaban J connectivity index is 1.74. The average molecular weight is 340 g/mol. The number of hydrogen-bond acceptors (Lipinski definition) is 5. The van der Waals surface area contributed by atoms with Crippen LogP contribution in [0.25, 0.3) is 0 Å². The van der Waals surface area contributed by atoms with Gasteiger partial charge in [-0.15, -0.1) is 0 Å². The zero-order chi connectivity index (χ0) is 18.0. The zero-order valence-electron chi connectivity index (χ0n) is 14.2. The van der Waals surface area contributed by atoms with Crippen LogP contribution in [0.5, 0.6) is 11.6 Å². The van der Waals surface area contributed by atoms with Crippen molar-refractivity contribution in [2.45, 2.75) is 32.6 Å². The highest BCUT2D eigenvalue weighted by Crippen LogP contribution is 2.36. The molecule has 1 aromatic heterocycles. The topological polar surface area (TPSA) is 91.5 Å². The van der Waals surface area contributed by atoms with Crippen molar-refractivity contribution in [2.75, 3.05) is 6.61 Å². The third-order valence-corrected chi connectivity index (χ3v) is 4.20. The Kier molecular flexibility index (Phi) is 4.70. The molecule has 25 heavy (non-hydrogen) atoms. The minimum atomic E-state index is -0.492. The van der Waals surface area contributed by atoms with E-state index in [0.717, 1.165) is 28.1 Å². The van der Waals surface area contributed by atoms with Crippen molar-refractivity contribution in [1.29, 1.82) is 0 Å². The zero-order valence-corrected chi connectivity index (χ0v) is 14.2. The van der Waals surface area contributed by atoms with Crippen molar-refractivity contribution in [1.82, 2.24) is 4.98 Å². The van der Waals surface area contributed by atoms with Crippen molar-refractivity contribution >= 4 is 11.9 Å². The highest BCUT2D eigenvalue weighted by atomic mass is 16.5. The van der Waals surface area contributed by atoms with Crippen LogP contribution in [-0.4, -0.2) is 23.5 Å². The Bertz CT molecular complexity index is 832. The van der Waals surface area contributed by atoms with Crippen molar-refractivity contribution in [2.24, 2.45) is 5.73 Å². The number of carbonyl (C=O) groups is 2. The minimum Gasteiger partial charge on any atom is -0.465 e. The molecule has 1 aromatic carbocycles. The molecule has 2 aromatic rings. The lowest BCUT2D eigenvalue weighted by Gasteiger charge is -2.21. The van der Waals surface area contributed by atoms with E-state index in [0.29, 0.717) is 12.3 Å². The van der Waals surface area contributed by atoms with Gasteiger partial charge in [0.25, 0.3) is 0 Å². The van der Waals surface area contributed by atoms with Crippen LogP contribution >= 0.6 is 0 Å². The number of fused-ring (bicyclic) bond motifs is 2. The molecule has 2 N–H and O–H groups in total. The first-order chi connectivity index (χ1) is 11.9. The number of aryl methyl sites for hydroxylation is 1. The van der Waals surface area contributed by atoms with Crippen LogP contribution in [0.2, 0.25) is 0 Å². The van der Waals surface area contributed by atoms with E-state index in [2.05, 4.69) is 4.98 Å². The third kappa shape index (κ3) is 3.79. The lowest BCUT2D eigenvalue weighted by atomic mass is 9.95. The molecule has 0 radical (unpaired) electrons. The highest BCUT2D eigenvalue weighted by Gasteiger charge is 2.22. The van der Waals surface area contributed by atoms with E-state index >= 15 is 0 Å². The summed E-state index contributed by atoms with van der Waals surface area (Å²) in [5.74, 6) is 0.0861. The third-order valence-electron chi connectivity index (χ3n) is 4.20. The van der Waals surface area contributed by atoms with Crippen molar-refractivity contribution in [3.05, 3.63) is 52.7 Å². The molecule has 1 amide bonds. The second-order valence-corrected chi connectivity index (χ2v) is 6.17. The van der Waals surface area contributed by atoms with Crippen molar-refractivity contribution < 1.29 is 19.1 Å². The van der Waals surface area contributed by atoms with Crippen LogP contribution in [-0.2, 0) is 20.7 Å². The number of ether oxygens (including phenoxy) is 2. The van der Waals surface area contributed by atoms with E-state index < -0.39 is 11.8 Å². The lowest BCUT2D eigenvalue weighted by Crippen LogP contribution is -2.18. The van der Waals surface area contributed by atoms with E-state index in [1.54, 1.807) is 6.92 Å². The smallest absolute Gasteiger partial charge is 0.313 e. The Morgan fingerprint density at radius 3 is 2.84 bits per heavy atom. The summed E-state index contributed by atoms with van der Waals surface area (Å²) in [5.41, 5.74) is 8.82. The maximum absolute atomic E-state index is 12.1. The molecule has 2 heterocycles. The first-order valence-electron chi connectivity index (χ1n) is 8.16. The number of carbonyl (C=O) groups excluding carboxylic acids is 2. The van der Waals surface area contributed by atoms with Gasteiger partial charge < -0.3 is 15.2 Å². The monoisotopic (exact) mass is 340 g/mol. The fourth-order valence-electron chi connectivity index (χ4n) is 2.71. The van der Waals surface area contributed by atoms with Gasteiger partial charge >= 0.3 is 5.97 Å². The van der Waals surface area contributed by atoms with Crippen LogP contribution in [0, 0.1) is 6.92 Å². The standard InChI is InChI=1S/C19H20N2O4/c1-11-3-4-14-10-15-9-13(5-6-16(15)25-18(14)21-11)12(2)19(23)24-8-7-17(20)22/h3-6,9,12H,7-8,10H2,1-2H3,(H2,20,22). The number of rotatable bonds is 5. The van der Waals surface area contributed by atoms with E-state index in [4.69, 9.17) is 15.2 Å². The summed E-state index contributed by atoms with van der Waals surface area (Å²) in [6.07, 6.45) is 0.731. The van der Waals surface area contributed by atoms with Gasteiger partial charge in [0, 0.05) is 17.7 Å². The summed E-state index contributed by atoms with van der Waals surface area (Å²) in [4.78, 5) is 27.2.